The Hall–Kier alpha value is -15.3. The maximum Gasteiger partial charge on any atom is 0.160 e. The standard InChI is InChI=1S/2C51H33N5/c1-4-14-34(15-5-1)43-33-44(54-51(53-43)36-16-6-2-7-17-36)35-25-28-39(29-26-35)55-45-22-11-10-20-41(45)49-40(21-12-23-47(49)55)37-27-30-46-42(32-37)50-48(24-13-31-52-50)56(46)38-18-8-3-9-19-38;1-4-14-34(15-5-1)43-33-44(35-16-6-2-7-17-35)54-51(53-43)36-25-28-39(29-26-36)55-45-22-11-10-20-41(45)49-40(21-12-23-47(49)55)37-27-30-46-42(32-37)50-48(24-13-31-52-50)56(46)38-18-8-3-9-19-38/h2*1-33H. The van der Waals surface area contributed by atoms with Crippen LogP contribution in [0.1, 0.15) is 0 Å². The summed E-state index contributed by atoms with van der Waals surface area (Å²) in [5, 5.41) is 7.13. The van der Waals surface area contributed by atoms with E-state index < -0.39 is 0 Å². The van der Waals surface area contributed by atoms with Gasteiger partial charge in [0.05, 0.1) is 77.9 Å². The molecule has 0 saturated carbocycles. The van der Waals surface area contributed by atoms with Gasteiger partial charge in [-0.1, -0.05) is 243 Å². The highest BCUT2D eigenvalue weighted by atomic mass is 15.0. The monoisotopic (exact) mass is 1430 g/mol. The van der Waals surface area contributed by atoms with Crippen LogP contribution >= 0.6 is 0 Å². The fourth-order valence-electron chi connectivity index (χ4n) is 16.5. The average molecular weight is 1430 g/mol. The minimum atomic E-state index is 0.694. The van der Waals surface area contributed by atoms with E-state index >= 15 is 0 Å². The zero-order chi connectivity index (χ0) is 74.0. The molecule has 8 heterocycles. The molecule has 22 aromatic rings. The van der Waals surface area contributed by atoms with Crippen molar-refractivity contribution in [1.29, 1.82) is 0 Å². The lowest BCUT2D eigenvalue weighted by Crippen LogP contribution is -1.97. The molecule has 0 bridgehead atoms. The van der Waals surface area contributed by atoms with Crippen molar-refractivity contribution in [2.75, 3.05) is 0 Å². The third-order valence-corrected chi connectivity index (χ3v) is 21.6. The van der Waals surface area contributed by atoms with Gasteiger partial charge in [-0.05, 0) is 168 Å². The number of nitrogens with zero attached hydrogens (tertiary/aromatic N) is 10. The van der Waals surface area contributed by atoms with Gasteiger partial charge in [-0.15, -0.1) is 0 Å². The van der Waals surface area contributed by atoms with Gasteiger partial charge in [0, 0.05) is 101 Å². The first-order valence-corrected chi connectivity index (χ1v) is 37.7. The normalized spacial score (nSPS) is 11.6. The fraction of sp³-hybridized carbons (Fsp3) is 0. The fourth-order valence-corrected chi connectivity index (χ4v) is 16.5. The van der Waals surface area contributed by atoms with E-state index in [9.17, 15) is 0 Å². The first kappa shape index (κ1) is 65.1. The molecule has 0 aliphatic heterocycles. The van der Waals surface area contributed by atoms with Crippen LogP contribution in [0.15, 0.2) is 401 Å². The Kier molecular flexibility index (Phi) is 16.0. The second kappa shape index (κ2) is 27.5. The molecule has 22 rings (SSSR count). The summed E-state index contributed by atoms with van der Waals surface area (Å²) in [4.78, 5) is 30.0. The molecule has 0 saturated heterocycles. The van der Waals surface area contributed by atoms with Gasteiger partial charge in [-0.25, -0.2) is 19.9 Å². The predicted octanol–water partition coefficient (Wildman–Crippen LogP) is 25.5. The lowest BCUT2D eigenvalue weighted by atomic mass is 9.98. The SMILES string of the molecule is c1ccc(-c2cc(-c3ccc(-n4c5ccccc5c5c(-c6ccc7c(c6)c6ncccc6n7-c6ccccc6)cccc54)cc3)nc(-c3ccccc3)n2)cc1.c1ccc(-c2cc(-c3ccccc3)nc(-c3ccc(-n4c5ccccc5c5c(-c6ccc7c(c6)c6ncccc6n7-c6ccccc6)cccc54)cc3)n2)cc1. The highest BCUT2D eigenvalue weighted by Gasteiger charge is 2.23. The molecule has 0 N–H and O–H groups in total. The molecule has 10 heteroatoms. The summed E-state index contributed by atoms with van der Waals surface area (Å²) in [6, 6.07) is 136. The van der Waals surface area contributed by atoms with Crippen molar-refractivity contribution >= 4 is 87.5 Å². The molecule has 0 spiro atoms. The number of hydrogen-bond donors (Lipinski definition) is 0. The molecule has 14 aromatic carbocycles. The first-order chi connectivity index (χ1) is 55.6. The number of pyridine rings is 2. The number of para-hydroxylation sites is 4. The van der Waals surface area contributed by atoms with Crippen LogP contribution in [-0.2, 0) is 0 Å². The van der Waals surface area contributed by atoms with E-state index in [2.05, 4.69) is 322 Å². The van der Waals surface area contributed by atoms with Crippen LogP contribution in [0.2, 0.25) is 0 Å². The van der Waals surface area contributed by atoms with E-state index in [1.54, 1.807) is 0 Å². The highest BCUT2D eigenvalue weighted by molar-refractivity contribution is 6.19. The summed E-state index contributed by atoms with van der Waals surface area (Å²) in [6.45, 7) is 0. The van der Waals surface area contributed by atoms with Crippen molar-refractivity contribution < 1.29 is 0 Å². The van der Waals surface area contributed by atoms with Crippen LogP contribution < -0.4 is 0 Å². The largest absolute Gasteiger partial charge is 0.309 e. The first-order valence-electron chi connectivity index (χ1n) is 37.7. The van der Waals surface area contributed by atoms with Crippen molar-refractivity contribution in [1.82, 2.24) is 48.2 Å². The van der Waals surface area contributed by atoms with Crippen LogP contribution in [0, 0.1) is 0 Å². The number of aromatic nitrogens is 10. The molecule has 8 aromatic heterocycles. The Labute approximate surface area is 645 Å². The molecule has 0 aliphatic rings. The van der Waals surface area contributed by atoms with E-state index in [4.69, 9.17) is 29.9 Å². The van der Waals surface area contributed by atoms with Crippen LogP contribution in [0.4, 0.5) is 0 Å². The Bertz CT molecular complexity index is 6760. The van der Waals surface area contributed by atoms with Crippen LogP contribution in [0.5, 0.6) is 0 Å². The van der Waals surface area contributed by atoms with E-state index in [0.29, 0.717) is 11.6 Å². The molecule has 0 atom stereocenters. The zero-order valence-electron chi connectivity index (χ0n) is 60.6. The number of fused-ring (bicyclic) bond motifs is 12. The lowest BCUT2D eigenvalue weighted by molar-refractivity contribution is 1.16. The van der Waals surface area contributed by atoms with E-state index in [1.165, 1.54) is 32.7 Å². The number of rotatable bonds is 12. The number of hydrogen-bond acceptors (Lipinski definition) is 6. The zero-order valence-corrected chi connectivity index (χ0v) is 60.6. The quantitative estimate of drug-likeness (QED) is 0.121. The van der Waals surface area contributed by atoms with E-state index in [-0.39, 0.29) is 0 Å². The summed E-state index contributed by atoms with van der Waals surface area (Å²) in [7, 11) is 0. The van der Waals surface area contributed by atoms with Crippen molar-refractivity contribution in [2.24, 2.45) is 0 Å². The van der Waals surface area contributed by atoms with Gasteiger partial charge in [0.15, 0.2) is 11.6 Å². The highest BCUT2D eigenvalue weighted by Crippen LogP contribution is 2.45. The van der Waals surface area contributed by atoms with E-state index in [0.717, 1.165) is 156 Å². The molecule has 10 nitrogen and oxygen atoms in total. The van der Waals surface area contributed by atoms with Gasteiger partial charge >= 0.3 is 0 Å². The van der Waals surface area contributed by atoms with Gasteiger partial charge in [0.2, 0.25) is 0 Å². The maximum atomic E-state index is 5.07. The molecule has 0 unspecified atom stereocenters. The Morgan fingerprint density at radius 1 is 0.179 bits per heavy atom. The van der Waals surface area contributed by atoms with Crippen LogP contribution in [-0.4, -0.2) is 48.2 Å². The molecule has 524 valence electrons. The molecular formula is C102H66N10. The van der Waals surface area contributed by atoms with Crippen molar-refractivity contribution in [2.45, 2.75) is 0 Å². The number of benzene rings is 14. The van der Waals surface area contributed by atoms with Gasteiger partial charge in [-0.3, -0.25) is 9.97 Å². The minimum Gasteiger partial charge on any atom is -0.309 e. The smallest absolute Gasteiger partial charge is 0.160 e. The van der Waals surface area contributed by atoms with E-state index in [1.807, 2.05) is 97.3 Å². The molecule has 112 heavy (non-hydrogen) atoms. The third kappa shape index (κ3) is 11.4. The summed E-state index contributed by atoms with van der Waals surface area (Å²) >= 11 is 0. The maximum absolute atomic E-state index is 5.07. The molecule has 0 amide bonds. The molecule has 0 fully saturated rings. The third-order valence-electron chi connectivity index (χ3n) is 21.6. The van der Waals surface area contributed by atoms with Gasteiger partial charge in [0.25, 0.3) is 0 Å². The van der Waals surface area contributed by atoms with Gasteiger partial charge in [-0.2, -0.15) is 0 Å². The Morgan fingerprint density at radius 2 is 0.464 bits per heavy atom. The minimum absolute atomic E-state index is 0.694. The van der Waals surface area contributed by atoms with Crippen molar-refractivity contribution in [3.05, 3.63) is 401 Å². The summed E-state index contributed by atoms with van der Waals surface area (Å²) < 4.78 is 9.37. The van der Waals surface area contributed by atoms with Gasteiger partial charge < -0.3 is 18.3 Å². The summed E-state index contributed by atoms with van der Waals surface area (Å²) in [5.74, 6) is 1.40. The Balaban J connectivity index is 0.000000141. The molecular weight excluding hydrogens is 1370 g/mol. The van der Waals surface area contributed by atoms with Gasteiger partial charge in [0.1, 0.15) is 0 Å². The Morgan fingerprint density at radius 3 is 0.866 bits per heavy atom. The topological polar surface area (TPSA) is 97.1 Å². The second-order valence-corrected chi connectivity index (χ2v) is 28.1. The second-order valence-electron chi connectivity index (χ2n) is 28.1. The predicted molar refractivity (Wildman–Crippen MR) is 460 cm³/mol. The summed E-state index contributed by atoms with van der Waals surface area (Å²) in [6.07, 6.45) is 3.77. The van der Waals surface area contributed by atoms with Crippen LogP contribution in [0.25, 0.3) is 200 Å². The summed E-state index contributed by atoms with van der Waals surface area (Å²) in [5.41, 5.74) is 29.9. The molecule has 0 aliphatic carbocycles. The van der Waals surface area contributed by atoms with Crippen molar-refractivity contribution in [3.63, 3.8) is 0 Å². The average Bonchev–Trinajstić information content (AvgIpc) is 1.58. The lowest BCUT2D eigenvalue weighted by Gasteiger charge is -2.12. The van der Waals surface area contributed by atoms with Crippen LogP contribution in [0.3, 0.4) is 0 Å². The molecule has 0 radical (unpaired) electrons. The van der Waals surface area contributed by atoms with Crippen molar-refractivity contribution in [3.8, 4) is 113 Å².